The van der Waals surface area contributed by atoms with Crippen molar-refractivity contribution in [3.63, 3.8) is 0 Å². The molecule has 1 aliphatic heterocycles. The number of allylic oxidation sites excluding steroid dienone is 1. The molecule has 5 nitrogen and oxygen atoms in total. The van der Waals surface area contributed by atoms with Gasteiger partial charge in [-0.2, -0.15) is 0 Å². The van der Waals surface area contributed by atoms with E-state index in [2.05, 4.69) is 10.8 Å². The number of carbonyl (C=O) groups excluding carboxylic acids is 1. The Morgan fingerprint density at radius 1 is 1.14 bits per heavy atom. The summed E-state index contributed by atoms with van der Waals surface area (Å²) < 4.78 is 26.5. The Kier molecular flexibility index (Phi) is 3.64. The summed E-state index contributed by atoms with van der Waals surface area (Å²) in [5.74, 6) is -0.550. The highest BCUT2D eigenvalue weighted by molar-refractivity contribution is 7.91. The van der Waals surface area contributed by atoms with Crippen molar-refractivity contribution in [3.05, 3.63) is 12.2 Å². The van der Waals surface area contributed by atoms with Gasteiger partial charge in [0.2, 0.25) is 10.0 Å². The van der Waals surface area contributed by atoms with E-state index in [-0.39, 0.29) is 5.92 Å². The first-order chi connectivity index (χ1) is 9.90. The minimum atomic E-state index is -3.60. The van der Waals surface area contributed by atoms with Crippen molar-refractivity contribution in [2.45, 2.75) is 68.1 Å². The molecule has 2 atom stereocenters. The number of amides is 1. The van der Waals surface area contributed by atoms with Crippen LogP contribution in [-0.2, 0) is 14.8 Å². The van der Waals surface area contributed by atoms with Gasteiger partial charge in [-0.05, 0) is 38.5 Å². The highest BCUT2D eigenvalue weighted by Crippen LogP contribution is 2.48. The molecule has 2 aliphatic carbocycles. The van der Waals surface area contributed by atoms with Crippen LogP contribution in [0.3, 0.4) is 0 Å². The third-order valence-corrected chi connectivity index (χ3v) is 7.41. The third kappa shape index (κ3) is 2.75. The summed E-state index contributed by atoms with van der Waals surface area (Å²) in [6.45, 7) is 0. The van der Waals surface area contributed by atoms with Gasteiger partial charge in [0.1, 0.15) is 5.54 Å². The first-order valence-corrected chi connectivity index (χ1v) is 9.40. The predicted molar refractivity (Wildman–Crippen MR) is 80.9 cm³/mol. The second kappa shape index (κ2) is 5.09. The number of hydrogen-bond acceptors (Lipinski definition) is 4. The first-order valence-electron chi connectivity index (χ1n) is 7.92. The van der Waals surface area contributed by atoms with Gasteiger partial charge in [0.25, 0.3) is 5.91 Å². The topological polar surface area (TPSA) is 89.3 Å². The van der Waals surface area contributed by atoms with Gasteiger partial charge in [-0.3, -0.25) is 9.52 Å². The smallest absolute Gasteiger partial charge is 0.254 e. The Bertz CT molecular complexity index is 565. The largest absolute Gasteiger partial charge is 0.317 e. The normalized spacial score (nSPS) is 39.7. The fourth-order valence-corrected chi connectivity index (χ4v) is 4.95. The lowest BCUT2D eigenvalue weighted by atomic mass is 10.1. The Balaban J connectivity index is 1.78. The lowest BCUT2D eigenvalue weighted by Crippen LogP contribution is -2.49. The standard InChI is InChI=1S/C15H24N2O3S/c16-15-11-12(15)7-5-3-1-2-4-6-8-14(9-10-14)21(19,20)17-13(15)18/h5,7,12H,1-4,6,8-11,16H2,(H,17,18)/b7-5-/t12-,15-/m1/s1. The van der Waals surface area contributed by atoms with Crippen LogP contribution < -0.4 is 10.5 Å². The Morgan fingerprint density at radius 2 is 1.86 bits per heavy atom. The van der Waals surface area contributed by atoms with E-state index in [0.29, 0.717) is 25.7 Å². The summed E-state index contributed by atoms with van der Waals surface area (Å²) in [6, 6.07) is 0. The Morgan fingerprint density at radius 3 is 2.57 bits per heavy atom. The monoisotopic (exact) mass is 312 g/mol. The molecule has 0 aromatic rings. The van der Waals surface area contributed by atoms with Gasteiger partial charge in [-0.15, -0.1) is 0 Å². The number of fused-ring (bicyclic) bond motifs is 1. The molecule has 0 radical (unpaired) electrons. The van der Waals surface area contributed by atoms with Crippen LogP contribution in [0.25, 0.3) is 0 Å². The fourth-order valence-electron chi connectivity index (χ4n) is 3.25. The highest BCUT2D eigenvalue weighted by atomic mass is 32.2. The van der Waals surface area contributed by atoms with Crippen molar-refractivity contribution in [1.29, 1.82) is 0 Å². The summed E-state index contributed by atoms with van der Waals surface area (Å²) in [7, 11) is -3.60. The molecule has 3 N–H and O–H groups in total. The van der Waals surface area contributed by atoms with Crippen LogP contribution in [0.2, 0.25) is 0 Å². The second-order valence-corrected chi connectivity index (χ2v) is 8.93. The lowest BCUT2D eigenvalue weighted by Gasteiger charge is -2.19. The van der Waals surface area contributed by atoms with Crippen molar-refractivity contribution < 1.29 is 13.2 Å². The summed E-state index contributed by atoms with van der Waals surface area (Å²) in [6.07, 6.45) is 11.8. The summed E-state index contributed by atoms with van der Waals surface area (Å²) >= 11 is 0. The van der Waals surface area contributed by atoms with Crippen LogP contribution >= 0.6 is 0 Å². The quantitative estimate of drug-likeness (QED) is 0.665. The minimum Gasteiger partial charge on any atom is -0.317 e. The van der Waals surface area contributed by atoms with Crippen molar-refractivity contribution in [2.75, 3.05) is 0 Å². The van der Waals surface area contributed by atoms with E-state index in [0.717, 1.165) is 32.1 Å². The molecular weight excluding hydrogens is 288 g/mol. The van der Waals surface area contributed by atoms with Crippen LogP contribution in [0, 0.1) is 5.92 Å². The number of nitrogens with one attached hydrogen (secondary N) is 1. The number of hydrogen-bond donors (Lipinski definition) is 2. The van der Waals surface area contributed by atoms with Crippen molar-refractivity contribution in [1.82, 2.24) is 4.72 Å². The number of rotatable bonds is 0. The van der Waals surface area contributed by atoms with Gasteiger partial charge in [0.15, 0.2) is 0 Å². The molecule has 21 heavy (non-hydrogen) atoms. The van der Waals surface area contributed by atoms with Crippen molar-refractivity contribution >= 4 is 15.9 Å². The average molecular weight is 312 g/mol. The summed E-state index contributed by atoms with van der Waals surface area (Å²) in [4.78, 5) is 12.2. The van der Waals surface area contributed by atoms with E-state index >= 15 is 0 Å². The number of sulfonamides is 1. The lowest BCUT2D eigenvalue weighted by molar-refractivity contribution is -0.121. The minimum absolute atomic E-state index is 0.0224. The van der Waals surface area contributed by atoms with Crippen LogP contribution in [0.15, 0.2) is 12.2 Å². The molecule has 0 bridgehead atoms. The maximum absolute atomic E-state index is 12.5. The van der Waals surface area contributed by atoms with E-state index in [1.807, 2.05) is 6.08 Å². The molecule has 1 heterocycles. The molecule has 0 aromatic carbocycles. The number of nitrogens with two attached hydrogens (primary N) is 1. The van der Waals surface area contributed by atoms with Crippen molar-refractivity contribution in [3.8, 4) is 0 Å². The van der Waals surface area contributed by atoms with Gasteiger partial charge in [0, 0.05) is 5.92 Å². The number of carbonyl (C=O) groups is 1. The Hall–Kier alpha value is -0.880. The molecule has 3 rings (SSSR count). The fraction of sp³-hybridized carbons (Fsp3) is 0.800. The average Bonchev–Trinajstić information content (AvgIpc) is 3.29. The zero-order valence-corrected chi connectivity index (χ0v) is 13.1. The molecular formula is C15H24N2O3S. The molecule has 2 saturated carbocycles. The molecule has 1 spiro atoms. The Labute approximate surface area is 126 Å². The molecule has 6 heteroatoms. The van der Waals surface area contributed by atoms with Gasteiger partial charge >= 0.3 is 0 Å². The summed E-state index contributed by atoms with van der Waals surface area (Å²) in [5.41, 5.74) is 5.02. The van der Waals surface area contributed by atoms with E-state index in [9.17, 15) is 13.2 Å². The SMILES string of the molecule is N[C@]12C[C@H]1/C=C\CCCCCCC1(CC1)S(=O)(=O)NC2=O. The highest BCUT2D eigenvalue weighted by Gasteiger charge is 2.60. The van der Waals surface area contributed by atoms with Gasteiger partial charge in [-0.25, -0.2) is 8.42 Å². The molecule has 1 amide bonds. The molecule has 118 valence electrons. The second-order valence-electron chi connectivity index (χ2n) is 6.85. The van der Waals surface area contributed by atoms with Gasteiger partial charge in [0.05, 0.1) is 4.75 Å². The van der Waals surface area contributed by atoms with E-state index in [1.54, 1.807) is 0 Å². The van der Waals surface area contributed by atoms with E-state index in [1.165, 1.54) is 0 Å². The van der Waals surface area contributed by atoms with Crippen LogP contribution in [0.5, 0.6) is 0 Å². The maximum atomic E-state index is 12.5. The summed E-state index contributed by atoms with van der Waals surface area (Å²) in [5, 5.41) is 0. The van der Waals surface area contributed by atoms with Crippen LogP contribution in [-0.4, -0.2) is 24.6 Å². The van der Waals surface area contributed by atoms with Crippen molar-refractivity contribution in [2.24, 2.45) is 11.7 Å². The van der Waals surface area contributed by atoms with E-state index < -0.39 is 26.2 Å². The van der Waals surface area contributed by atoms with E-state index in [4.69, 9.17) is 5.73 Å². The predicted octanol–water partition coefficient (Wildman–Crippen LogP) is 1.59. The third-order valence-electron chi connectivity index (χ3n) is 5.21. The van der Waals surface area contributed by atoms with Crippen LogP contribution in [0.4, 0.5) is 0 Å². The molecule has 0 aromatic heterocycles. The molecule has 0 unspecified atom stereocenters. The molecule has 3 aliphatic rings. The van der Waals surface area contributed by atoms with Gasteiger partial charge in [-0.1, -0.05) is 31.4 Å². The molecule has 2 fully saturated rings. The molecule has 0 saturated heterocycles. The zero-order valence-electron chi connectivity index (χ0n) is 12.3. The van der Waals surface area contributed by atoms with Crippen LogP contribution in [0.1, 0.15) is 57.8 Å². The zero-order chi connectivity index (χ0) is 15.1. The van der Waals surface area contributed by atoms with Gasteiger partial charge < -0.3 is 5.73 Å². The maximum Gasteiger partial charge on any atom is 0.254 e. The first kappa shape index (κ1) is 15.0.